The molecule has 0 aliphatic heterocycles. The lowest BCUT2D eigenvalue weighted by atomic mass is 10.1. The van der Waals surface area contributed by atoms with Gasteiger partial charge in [0.1, 0.15) is 10.7 Å². The average molecular weight is 281 g/mol. The van der Waals surface area contributed by atoms with E-state index in [0.29, 0.717) is 16.6 Å². The van der Waals surface area contributed by atoms with Crippen LogP contribution in [0.2, 0.25) is 0 Å². The first-order chi connectivity index (χ1) is 9.74. The molecule has 0 aliphatic rings. The van der Waals surface area contributed by atoms with Gasteiger partial charge in [-0.3, -0.25) is 4.98 Å². The summed E-state index contributed by atoms with van der Waals surface area (Å²) in [6.45, 7) is 0. The minimum Gasteiger partial charge on any atom is -0.437 e. The Balaban J connectivity index is 2.10. The number of para-hydroxylation sites is 1. The second kappa shape index (κ2) is 5.22. The number of nitrogens with zero attached hydrogens (tertiary/aromatic N) is 2. The van der Waals surface area contributed by atoms with Crippen LogP contribution in [0.1, 0.15) is 5.56 Å². The highest BCUT2D eigenvalue weighted by molar-refractivity contribution is 7.80. The number of pyridine rings is 2. The number of nitrogens with two attached hydrogens (primary N) is 1. The molecule has 20 heavy (non-hydrogen) atoms. The average Bonchev–Trinajstić information content (AvgIpc) is 2.47. The fourth-order valence-corrected chi connectivity index (χ4v) is 2.10. The number of thiocarbonyl (C=S) groups is 1. The monoisotopic (exact) mass is 281 g/mol. The summed E-state index contributed by atoms with van der Waals surface area (Å²) in [4.78, 5) is 8.76. The molecule has 2 aromatic heterocycles. The minimum absolute atomic E-state index is 0.319. The van der Waals surface area contributed by atoms with Gasteiger partial charge in [-0.25, -0.2) is 4.98 Å². The molecule has 0 fully saturated rings. The second-order valence-electron chi connectivity index (χ2n) is 4.18. The molecule has 0 saturated carbocycles. The van der Waals surface area contributed by atoms with Crippen molar-refractivity contribution in [3.05, 3.63) is 60.4 Å². The van der Waals surface area contributed by atoms with E-state index in [1.807, 2.05) is 30.3 Å². The molecule has 5 heteroatoms. The molecule has 0 unspecified atom stereocenters. The van der Waals surface area contributed by atoms with Crippen molar-refractivity contribution in [2.75, 3.05) is 0 Å². The zero-order chi connectivity index (χ0) is 13.9. The summed E-state index contributed by atoms with van der Waals surface area (Å²) < 4.78 is 5.69. The molecule has 2 heterocycles. The standard InChI is InChI=1S/C15H11N3OS/c16-15(20)12-8-14(19-10-4-3-7-17-9-10)18-13-6-2-1-5-11(12)13/h1-9H,(H2,16,20). The molecular weight excluding hydrogens is 270 g/mol. The Morgan fingerprint density at radius 2 is 2.00 bits per heavy atom. The zero-order valence-electron chi connectivity index (χ0n) is 10.5. The first-order valence-electron chi connectivity index (χ1n) is 6.01. The predicted molar refractivity (Wildman–Crippen MR) is 81.9 cm³/mol. The number of benzene rings is 1. The van der Waals surface area contributed by atoms with E-state index in [-0.39, 0.29) is 0 Å². The van der Waals surface area contributed by atoms with E-state index >= 15 is 0 Å². The molecule has 3 rings (SSSR count). The molecule has 3 aromatic rings. The predicted octanol–water partition coefficient (Wildman–Crippen LogP) is 3.06. The van der Waals surface area contributed by atoms with E-state index < -0.39 is 0 Å². The van der Waals surface area contributed by atoms with E-state index in [1.165, 1.54) is 0 Å². The number of ether oxygens (including phenoxy) is 1. The van der Waals surface area contributed by atoms with E-state index in [0.717, 1.165) is 16.5 Å². The molecule has 0 bridgehead atoms. The summed E-state index contributed by atoms with van der Waals surface area (Å²) in [5.74, 6) is 1.06. The molecule has 0 radical (unpaired) electrons. The Labute approximate surface area is 121 Å². The van der Waals surface area contributed by atoms with Gasteiger partial charge >= 0.3 is 0 Å². The van der Waals surface area contributed by atoms with Crippen LogP contribution in [0.5, 0.6) is 11.6 Å². The highest BCUT2D eigenvalue weighted by atomic mass is 32.1. The van der Waals surface area contributed by atoms with Crippen molar-refractivity contribution in [1.29, 1.82) is 0 Å². The number of rotatable bonds is 3. The Morgan fingerprint density at radius 3 is 2.75 bits per heavy atom. The lowest BCUT2D eigenvalue weighted by Gasteiger charge is -2.09. The third-order valence-corrected chi connectivity index (χ3v) is 3.03. The van der Waals surface area contributed by atoms with Gasteiger partial charge in [0.2, 0.25) is 5.88 Å². The summed E-state index contributed by atoms with van der Waals surface area (Å²) in [6.07, 6.45) is 3.30. The summed E-state index contributed by atoms with van der Waals surface area (Å²) in [5.41, 5.74) is 7.32. The fraction of sp³-hybridized carbons (Fsp3) is 0. The quantitative estimate of drug-likeness (QED) is 0.748. The third-order valence-electron chi connectivity index (χ3n) is 2.81. The van der Waals surface area contributed by atoms with Crippen LogP contribution in [0, 0.1) is 0 Å². The van der Waals surface area contributed by atoms with Crippen molar-refractivity contribution in [3.63, 3.8) is 0 Å². The van der Waals surface area contributed by atoms with E-state index in [1.54, 1.807) is 24.5 Å². The Kier molecular flexibility index (Phi) is 3.26. The Hall–Kier alpha value is -2.53. The van der Waals surface area contributed by atoms with Crippen molar-refractivity contribution in [1.82, 2.24) is 9.97 Å². The Bertz CT molecular complexity index is 774. The molecule has 98 valence electrons. The smallest absolute Gasteiger partial charge is 0.220 e. The van der Waals surface area contributed by atoms with Crippen LogP contribution < -0.4 is 10.5 Å². The van der Waals surface area contributed by atoms with Crippen molar-refractivity contribution < 1.29 is 4.74 Å². The topological polar surface area (TPSA) is 61.0 Å². The molecule has 2 N–H and O–H groups in total. The maximum absolute atomic E-state index is 5.78. The largest absolute Gasteiger partial charge is 0.437 e. The van der Waals surface area contributed by atoms with Crippen molar-refractivity contribution in [2.45, 2.75) is 0 Å². The highest BCUT2D eigenvalue weighted by Crippen LogP contribution is 2.25. The van der Waals surface area contributed by atoms with Crippen molar-refractivity contribution in [2.24, 2.45) is 5.73 Å². The SMILES string of the molecule is NC(=S)c1cc(Oc2cccnc2)nc2ccccc12. The number of aromatic nitrogens is 2. The second-order valence-corrected chi connectivity index (χ2v) is 4.62. The molecule has 1 aromatic carbocycles. The zero-order valence-corrected chi connectivity index (χ0v) is 11.3. The van der Waals surface area contributed by atoms with Gasteiger partial charge in [0.15, 0.2) is 0 Å². The van der Waals surface area contributed by atoms with Crippen LogP contribution in [-0.2, 0) is 0 Å². The lowest BCUT2D eigenvalue weighted by molar-refractivity contribution is 0.463. The van der Waals surface area contributed by atoms with Gasteiger partial charge in [0.25, 0.3) is 0 Å². The normalized spacial score (nSPS) is 10.4. The molecule has 0 atom stereocenters. The van der Waals surface area contributed by atoms with Gasteiger partial charge in [-0.1, -0.05) is 30.4 Å². The van der Waals surface area contributed by atoms with Crippen LogP contribution in [0.3, 0.4) is 0 Å². The van der Waals surface area contributed by atoms with E-state index in [2.05, 4.69) is 9.97 Å². The molecule has 4 nitrogen and oxygen atoms in total. The van der Waals surface area contributed by atoms with Gasteiger partial charge in [-0.05, 0) is 18.2 Å². The molecule has 0 saturated heterocycles. The summed E-state index contributed by atoms with van der Waals surface area (Å²) in [5, 5.41) is 0.915. The van der Waals surface area contributed by atoms with Crippen LogP contribution in [0.4, 0.5) is 0 Å². The summed E-state index contributed by atoms with van der Waals surface area (Å²) >= 11 is 5.10. The van der Waals surface area contributed by atoms with Crippen molar-refractivity contribution in [3.8, 4) is 11.6 Å². The highest BCUT2D eigenvalue weighted by Gasteiger charge is 2.09. The van der Waals surface area contributed by atoms with Gasteiger partial charge in [0.05, 0.1) is 11.7 Å². The first kappa shape index (κ1) is 12.5. The van der Waals surface area contributed by atoms with Gasteiger partial charge < -0.3 is 10.5 Å². The molecular formula is C15H11N3OS. The number of hydrogen-bond acceptors (Lipinski definition) is 4. The molecule has 0 aliphatic carbocycles. The fourth-order valence-electron chi connectivity index (χ4n) is 1.94. The summed E-state index contributed by atoms with van der Waals surface area (Å²) in [6, 6.07) is 13.0. The maximum atomic E-state index is 5.78. The number of hydrogen-bond donors (Lipinski definition) is 1. The van der Waals surface area contributed by atoms with Crippen LogP contribution in [0.15, 0.2) is 54.9 Å². The third kappa shape index (κ3) is 2.44. The maximum Gasteiger partial charge on any atom is 0.220 e. The van der Waals surface area contributed by atoms with Crippen LogP contribution >= 0.6 is 12.2 Å². The van der Waals surface area contributed by atoms with Gasteiger partial charge in [0, 0.05) is 23.2 Å². The minimum atomic E-state index is 0.319. The molecule has 0 amide bonds. The van der Waals surface area contributed by atoms with Gasteiger partial charge in [-0.15, -0.1) is 0 Å². The van der Waals surface area contributed by atoms with E-state index in [4.69, 9.17) is 22.7 Å². The Morgan fingerprint density at radius 1 is 1.15 bits per heavy atom. The first-order valence-corrected chi connectivity index (χ1v) is 6.42. The van der Waals surface area contributed by atoms with Crippen LogP contribution in [0.25, 0.3) is 10.9 Å². The van der Waals surface area contributed by atoms with Gasteiger partial charge in [-0.2, -0.15) is 0 Å². The van der Waals surface area contributed by atoms with E-state index in [9.17, 15) is 0 Å². The van der Waals surface area contributed by atoms with Crippen LogP contribution in [-0.4, -0.2) is 15.0 Å². The summed E-state index contributed by atoms with van der Waals surface area (Å²) in [7, 11) is 0. The number of fused-ring (bicyclic) bond motifs is 1. The lowest BCUT2D eigenvalue weighted by Crippen LogP contribution is -2.10. The molecule has 0 spiro atoms. The van der Waals surface area contributed by atoms with Crippen molar-refractivity contribution >= 4 is 28.1 Å².